The minimum Gasteiger partial charge on any atom is -0.445 e. The lowest BCUT2D eigenvalue weighted by molar-refractivity contribution is -0.137. The first-order valence-electron chi connectivity index (χ1n) is 6.05. The number of hydrogen-bond donors (Lipinski definition) is 2. The number of hydrogen-bond acceptors (Lipinski definition) is 3. The summed E-state index contributed by atoms with van der Waals surface area (Å²) in [5, 5.41) is 11.1. The highest BCUT2D eigenvalue weighted by atomic mass is 19.4. The largest absolute Gasteiger partial charge is 0.445 e. The number of alkyl halides is 3. The van der Waals surface area contributed by atoms with E-state index < -0.39 is 31.3 Å². The van der Waals surface area contributed by atoms with Gasteiger partial charge in [-0.2, -0.15) is 13.2 Å². The number of amides is 1. The van der Waals surface area contributed by atoms with E-state index in [1.54, 1.807) is 24.3 Å². The van der Waals surface area contributed by atoms with Crippen molar-refractivity contribution in [3.63, 3.8) is 0 Å². The number of benzene rings is 1. The van der Waals surface area contributed by atoms with Gasteiger partial charge in [-0.3, -0.25) is 0 Å². The quantitative estimate of drug-likeness (QED) is 0.847. The summed E-state index contributed by atoms with van der Waals surface area (Å²) in [6.07, 6.45) is -6.63. The summed E-state index contributed by atoms with van der Waals surface area (Å²) in [6.45, 7) is -0.555. The summed E-state index contributed by atoms with van der Waals surface area (Å²) in [6, 6.07) is 7.89. The summed E-state index contributed by atoms with van der Waals surface area (Å²) >= 11 is 0. The third-order valence-electron chi connectivity index (χ3n) is 2.53. The van der Waals surface area contributed by atoms with Crippen LogP contribution in [0.4, 0.5) is 18.0 Å². The van der Waals surface area contributed by atoms with Crippen LogP contribution in [0.3, 0.4) is 0 Å². The average Bonchev–Trinajstić information content (AvgIpc) is 2.41. The van der Waals surface area contributed by atoms with Gasteiger partial charge in [0.05, 0.1) is 12.6 Å². The zero-order valence-electron chi connectivity index (χ0n) is 10.7. The molecule has 0 unspecified atom stereocenters. The van der Waals surface area contributed by atoms with Crippen molar-refractivity contribution < 1.29 is 27.8 Å². The number of carbonyl (C=O) groups excluding carboxylic acids is 1. The molecule has 0 saturated heterocycles. The molecule has 0 aliphatic carbocycles. The lowest BCUT2D eigenvalue weighted by atomic mass is 10.1. The van der Waals surface area contributed by atoms with E-state index in [2.05, 4.69) is 5.32 Å². The molecule has 0 aromatic heterocycles. The van der Waals surface area contributed by atoms with Crippen LogP contribution in [0.5, 0.6) is 0 Å². The number of alkyl carbamates (subject to hydrolysis) is 1. The zero-order valence-corrected chi connectivity index (χ0v) is 10.7. The van der Waals surface area contributed by atoms with Crippen LogP contribution in [0.25, 0.3) is 0 Å². The summed E-state index contributed by atoms with van der Waals surface area (Å²) in [7, 11) is 0. The maximum atomic E-state index is 12.0. The molecule has 7 heteroatoms. The molecule has 2 N–H and O–H groups in total. The SMILES string of the molecule is O=C(N[C@H](CO)CCC(F)(F)F)OCc1ccccc1. The van der Waals surface area contributed by atoms with Gasteiger partial charge in [0.15, 0.2) is 0 Å². The van der Waals surface area contributed by atoms with E-state index in [9.17, 15) is 18.0 Å². The molecule has 1 aromatic carbocycles. The monoisotopic (exact) mass is 291 g/mol. The smallest absolute Gasteiger partial charge is 0.407 e. The third-order valence-corrected chi connectivity index (χ3v) is 2.53. The van der Waals surface area contributed by atoms with E-state index in [1.165, 1.54) is 0 Å². The fourth-order valence-electron chi connectivity index (χ4n) is 1.48. The molecule has 1 atom stereocenters. The first-order valence-corrected chi connectivity index (χ1v) is 6.05. The highest BCUT2D eigenvalue weighted by Gasteiger charge is 2.28. The van der Waals surface area contributed by atoms with E-state index in [0.717, 1.165) is 5.56 Å². The molecule has 1 rings (SSSR count). The Balaban J connectivity index is 2.32. The van der Waals surface area contributed by atoms with Gasteiger partial charge >= 0.3 is 12.3 Å². The Morgan fingerprint density at radius 2 is 1.95 bits per heavy atom. The average molecular weight is 291 g/mol. The van der Waals surface area contributed by atoms with Gasteiger partial charge in [0, 0.05) is 6.42 Å². The number of rotatable bonds is 6. The number of halogens is 3. The Hall–Kier alpha value is -1.76. The van der Waals surface area contributed by atoms with Crippen molar-refractivity contribution >= 4 is 6.09 Å². The Morgan fingerprint density at radius 3 is 2.50 bits per heavy atom. The molecule has 0 bridgehead atoms. The Bertz CT molecular complexity index is 409. The predicted octanol–water partition coefficient (Wildman–Crippen LogP) is 2.62. The number of ether oxygens (including phenoxy) is 1. The van der Waals surface area contributed by atoms with Crippen LogP contribution in [0.1, 0.15) is 18.4 Å². The lowest BCUT2D eigenvalue weighted by Crippen LogP contribution is -2.38. The molecule has 0 spiro atoms. The second-order valence-electron chi connectivity index (χ2n) is 4.24. The van der Waals surface area contributed by atoms with Crippen LogP contribution in [0, 0.1) is 0 Å². The number of aliphatic hydroxyl groups excluding tert-OH is 1. The van der Waals surface area contributed by atoms with Gasteiger partial charge < -0.3 is 15.2 Å². The maximum Gasteiger partial charge on any atom is 0.407 e. The highest BCUT2D eigenvalue weighted by molar-refractivity contribution is 5.67. The lowest BCUT2D eigenvalue weighted by Gasteiger charge is -2.17. The Kier molecular flexibility index (Phi) is 6.30. The molecule has 1 aromatic rings. The van der Waals surface area contributed by atoms with Gasteiger partial charge in [-0.1, -0.05) is 30.3 Å². The first-order chi connectivity index (χ1) is 9.40. The van der Waals surface area contributed by atoms with Gasteiger partial charge in [0.1, 0.15) is 6.61 Å². The topological polar surface area (TPSA) is 58.6 Å². The standard InChI is InChI=1S/C13H16F3NO3/c14-13(15,16)7-6-11(8-18)17-12(19)20-9-10-4-2-1-3-5-10/h1-5,11,18H,6-9H2,(H,17,19)/t11-/m0/s1. The number of carbonyl (C=O) groups is 1. The van der Waals surface area contributed by atoms with Gasteiger partial charge in [-0.15, -0.1) is 0 Å². The molecule has 0 saturated carbocycles. The Morgan fingerprint density at radius 1 is 1.30 bits per heavy atom. The molecule has 0 radical (unpaired) electrons. The van der Waals surface area contributed by atoms with E-state index in [0.29, 0.717) is 0 Å². The molecule has 0 heterocycles. The molecule has 0 fully saturated rings. The molecule has 20 heavy (non-hydrogen) atoms. The summed E-state index contributed by atoms with van der Waals surface area (Å²) in [5.74, 6) is 0. The van der Waals surface area contributed by atoms with Crippen LogP contribution < -0.4 is 5.32 Å². The van der Waals surface area contributed by atoms with Crippen molar-refractivity contribution in [3.8, 4) is 0 Å². The molecule has 0 aliphatic heterocycles. The maximum absolute atomic E-state index is 12.0. The van der Waals surface area contributed by atoms with E-state index in [-0.39, 0.29) is 13.0 Å². The summed E-state index contributed by atoms with van der Waals surface area (Å²) < 4.78 is 41.0. The fraction of sp³-hybridized carbons (Fsp3) is 0.462. The number of nitrogens with one attached hydrogen (secondary N) is 1. The Labute approximate surface area is 114 Å². The normalized spacial score (nSPS) is 12.8. The summed E-state index contributed by atoms with van der Waals surface area (Å²) in [4.78, 5) is 11.4. The molecular weight excluding hydrogens is 275 g/mol. The third kappa shape index (κ3) is 6.98. The summed E-state index contributed by atoms with van der Waals surface area (Å²) in [5.41, 5.74) is 0.762. The van der Waals surface area contributed by atoms with Crippen LogP contribution in [0.2, 0.25) is 0 Å². The van der Waals surface area contributed by atoms with Gasteiger partial charge in [-0.25, -0.2) is 4.79 Å². The molecule has 4 nitrogen and oxygen atoms in total. The predicted molar refractivity (Wildman–Crippen MR) is 65.9 cm³/mol. The second-order valence-corrected chi connectivity index (χ2v) is 4.24. The van der Waals surface area contributed by atoms with Gasteiger partial charge in [0.25, 0.3) is 0 Å². The van der Waals surface area contributed by atoms with Crippen molar-refractivity contribution in [3.05, 3.63) is 35.9 Å². The molecular formula is C13H16F3NO3. The minimum atomic E-state index is -4.32. The fourth-order valence-corrected chi connectivity index (χ4v) is 1.48. The minimum absolute atomic E-state index is 0.0179. The molecule has 0 aliphatic rings. The highest BCUT2D eigenvalue weighted by Crippen LogP contribution is 2.22. The van der Waals surface area contributed by atoms with Crippen LogP contribution in [0.15, 0.2) is 30.3 Å². The molecule has 1 amide bonds. The van der Waals surface area contributed by atoms with Crippen molar-refractivity contribution in [2.75, 3.05) is 6.61 Å². The van der Waals surface area contributed by atoms with E-state index in [1.807, 2.05) is 6.07 Å². The number of aliphatic hydroxyl groups is 1. The van der Waals surface area contributed by atoms with Crippen LogP contribution in [-0.4, -0.2) is 30.0 Å². The van der Waals surface area contributed by atoms with Crippen LogP contribution in [-0.2, 0) is 11.3 Å². The van der Waals surface area contributed by atoms with Crippen molar-refractivity contribution in [1.82, 2.24) is 5.32 Å². The van der Waals surface area contributed by atoms with Crippen molar-refractivity contribution in [2.24, 2.45) is 0 Å². The van der Waals surface area contributed by atoms with Crippen molar-refractivity contribution in [2.45, 2.75) is 31.7 Å². The van der Waals surface area contributed by atoms with Crippen molar-refractivity contribution in [1.29, 1.82) is 0 Å². The van der Waals surface area contributed by atoms with Gasteiger partial charge in [-0.05, 0) is 12.0 Å². The van der Waals surface area contributed by atoms with E-state index >= 15 is 0 Å². The second kappa shape index (κ2) is 7.74. The van der Waals surface area contributed by atoms with E-state index in [4.69, 9.17) is 9.84 Å². The molecule has 112 valence electrons. The first kappa shape index (κ1) is 16.3. The van der Waals surface area contributed by atoms with Crippen LogP contribution >= 0.6 is 0 Å². The zero-order chi connectivity index (χ0) is 15.0. The van der Waals surface area contributed by atoms with Gasteiger partial charge in [0.2, 0.25) is 0 Å².